The Labute approximate surface area is 305 Å². The first-order chi connectivity index (χ1) is 26.3. The highest BCUT2D eigenvalue weighted by Crippen LogP contribution is 2.53. The maximum Gasteiger partial charge on any atom is 0.159 e. The summed E-state index contributed by atoms with van der Waals surface area (Å²) in [5, 5.41) is 9.82. The number of rotatable bonds is 4. The molecule has 0 amide bonds. The molecule has 0 saturated heterocycles. The molecule has 0 aliphatic heterocycles. The van der Waals surface area contributed by atoms with Crippen LogP contribution in [-0.4, -0.2) is 4.57 Å². The highest BCUT2D eigenvalue weighted by molar-refractivity contribution is 6.24. The number of furan rings is 1. The molecule has 2 heterocycles. The number of aromatic nitrogens is 1. The van der Waals surface area contributed by atoms with Crippen LogP contribution < -0.4 is 4.90 Å². The van der Waals surface area contributed by atoms with Gasteiger partial charge in [-0.3, -0.25) is 0 Å². The minimum Gasteiger partial charge on any atom is -0.454 e. The lowest BCUT2D eigenvalue weighted by Crippen LogP contribution is -2.10. The van der Waals surface area contributed by atoms with Crippen LogP contribution in [-0.2, 0) is 0 Å². The van der Waals surface area contributed by atoms with E-state index in [0.717, 1.165) is 50.2 Å². The van der Waals surface area contributed by atoms with Gasteiger partial charge in [-0.05, 0) is 104 Å². The van der Waals surface area contributed by atoms with Crippen LogP contribution in [0.25, 0.3) is 93.2 Å². The summed E-state index contributed by atoms with van der Waals surface area (Å²) >= 11 is 0. The molecule has 0 atom stereocenters. The van der Waals surface area contributed by atoms with Crippen molar-refractivity contribution in [3.8, 4) is 27.9 Å². The monoisotopic (exact) mass is 674 g/mol. The van der Waals surface area contributed by atoms with Crippen LogP contribution >= 0.6 is 0 Å². The van der Waals surface area contributed by atoms with Gasteiger partial charge >= 0.3 is 0 Å². The summed E-state index contributed by atoms with van der Waals surface area (Å²) < 4.78 is 9.13. The molecule has 0 fully saturated rings. The molecule has 3 heteroatoms. The Bertz CT molecular complexity index is 3290. The number of benzene rings is 9. The van der Waals surface area contributed by atoms with Crippen LogP contribution in [0.3, 0.4) is 0 Å². The van der Waals surface area contributed by atoms with Gasteiger partial charge in [0.25, 0.3) is 0 Å². The van der Waals surface area contributed by atoms with E-state index >= 15 is 0 Å². The Hall–Kier alpha value is -7.10. The zero-order valence-electron chi connectivity index (χ0n) is 28.6. The van der Waals surface area contributed by atoms with Crippen molar-refractivity contribution in [1.29, 1.82) is 0 Å². The third-order valence-electron chi connectivity index (χ3n) is 11.3. The van der Waals surface area contributed by atoms with Gasteiger partial charge in [0.2, 0.25) is 0 Å². The topological polar surface area (TPSA) is 21.3 Å². The number of nitrogens with zero attached hydrogens (tertiary/aromatic N) is 2. The van der Waals surface area contributed by atoms with E-state index in [-0.39, 0.29) is 0 Å². The molecule has 11 aromatic rings. The zero-order chi connectivity index (χ0) is 34.6. The summed E-state index contributed by atoms with van der Waals surface area (Å²) in [5.74, 6) is 0. The summed E-state index contributed by atoms with van der Waals surface area (Å²) in [7, 11) is 0. The number of hydrogen-bond donors (Lipinski definition) is 0. The highest BCUT2D eigenvalue weighted by atomic mass is 16.3. The predicted octanol–water partition coefficient (Wildman–Crippen LogP) is 14.1. The van der Waals surface area contributed by atoms with Crippen molar-refractivity contribution in [1.82, 2.24) is 4.57 Å². The molecule has 0 spiro atoms. The maximum absolute atomic E-state index is 6.74. The van der Waals surface area contributed by atoms with Gasteiger partial charge in [-0.1, -0.05) is 121 Å². The molecular formula is C50H30N2O. The van der Waals surface area contributed by atoms with E-state index in [1.807, 2.05) is 6.07 Å². The van der Waals surface area contributed by atoms with Crippen molar-refractivity contribution in [3.05, 3.63) is 182 Å². The summed E-state index contributed by atoms with van der Waals surface area (Å²) in [6.45, 7) is 0. The van der Waals surface area contributed by atoms with Crippen molar-refractivity contribution in [2.24, 2.45) is 0 Å². The van der Waals surface area contributed by atoms with Gasteiger partial charge in [-0.15, -0.1) is 0 Å². The molecule has 0 bridgehead atoms. The lowest BCUT2D eigenvalue weighted by atomic mass is 9.95. The van der Waals surface area contributed by atoms with E-state index in [1.54, 1.807) is 0 Å². The molecule has 0 saturated carbocycles. The maximum atomic E-state index is 6.74. The number of para-hydroxylation sites is 4. The van der Waals surface area contributed by atoms with Crippen LogP contribution in [0.15, 0.2) is 186 Å². The van der Waals surface area contributed by atoms with Gasteiger partial charge in [0, 0.05) is 38.6 Å². The Morgan fingerprint density at radius 1 is 0.415 bits per heavy atom. The zero-order valence-corrected chi connectivity index (χ0v) is 28.6. The summed E-state index contributed by atoms with van der Waals surface area (Å²) in [6.07, 6.45) is 0. The second kappa shape index (κ2) is 10.7. The average Bonchev–Trinajstić information content (AvgIpc) is 3.87. The van der Waals surface area contributed by atoms with Crippen LogP contribution in [0.5, 0.6) is 0 Å². The molecule has 0 radical (unpaired) electrons. The fourth-order valence-corrected chi connectivity index (χ4v) is 9.03. The van der Waals surface area contributed by atoms with Crippen LogP contribution in [0.1, 0.15) is 0 Å². The Morgan fingerprint density at radius 3 is 2.04 bits per heavy atom. The lowest BCUT2D eigenvalue weighted by Gasteiger charge is -2.26. The van der Waals surface area contributed by atoms with Crippen LogP contribution in [0, 0.1) is 0 Å². The van der Waals surface area contributed by atoms with E-state index in [1.165, 1.54) is 60.1 Å². The number of fused-ring (bicyclic) bond motifs is 11. The Kier molecular flexibility index (Phi) is 5.77. The van der Waals surface area contributed by atoms with Crippen molar-refractivity contribution in [2.75, 3.05) is 4.90 Å². The molecule has 53 heavy (non-hydrogen) atoms. The van der Waals surface area contributed by atoms with Gasteiger partial charge < -0.3 is 13.9 Å². The first-order valence-corrected chi connectivity index (χ1v) is 18.2. The molecule has 0 unspecified atom stereocenters. The molecule has 246 valence electrons. The first kappa shape index (κ1) is 28.6. The van der Waals surface area contributed by atoms with E-state index in [2.05, 4.69) is 185 Å². The number of anilines is 3. The summed E-state index contributed by atoms with van der Waals surface area (Å²) in [5.41, 5.74) is 13.5. The molecular weight excluding hydrogens is 645 g/mol. The molecule has 2 aromatic heterocycles. The van der Waals surface area contributed by atoms with E-state index in [9.17, 15) is 0 Å². The first-order valence-electron chi connectivity index (χ1n) is 18.2. The van der Waals surface area contributed by atoms with Crippen molar-refractivity contribution < 1.29 is 4.42 Å². The largest absolute Gasteiger partial charge is 0.454 e. The van der Waals surface area contributed by atoms with Crippen molar-refractivity contribution in [3.63, 3.8) is 0 Å². The molecule has 3 nitrogen and oxygen atoms in total. The van der Waals surface area contributed by atoms with Gasteiger partial charge in [0.15, 0.2) is 5.58 Å². The van der Waals surface area contributed by atoms with Gasteiger partial charge in [-0.2, -0.15) is 0 Å². The lowest BCUT2D eigenvalue weighted by molar-refractivity contribution is 0.669. The van der Waals surface area contributed by atoms with Crippen LogP contribution in [0.4, 0.5) is 17.1 Å². The summed E-state index contributed by atoms with van der Waals surface area (Å²) in [4.78, 5) is 2.39. The smallest absolute Gasteiger partial charge is 0.159 e. The fraction of sp³-hybridized carbons (Fsp3) is 0. The fourth-order valence-electron chi connectivity index (χ4n) is 9.03. The van der Waals surface area contributed by atoms with Gasteiger partial charge in [-0.25, -0.2) is 0 Å². The summed E-state index contributed by atoms with van der Waals surface area (Å²) in [6, 6.07) is 66.0. The SMILES string of the molecule is c1ccc(-n2c3ccccc3c3ccc(N(c4ccc5c(c4)-c4c6ccccc6cc6cccc-5c46)c4cccc5c4oc4ccccc45)cc32)cc1. The quantitative estimate of drug-likeness (QED) is 0.173. The van der Waals surface area contributed by atoms with Gasteiger partial charge in [0.1, 0.15) is 5.58 Å². The third-order valence-corrected chi connectivity index (χ3v) is 11.3. The van der Waals surface area contributed by atoms with E-state index in [0.29, 0.717) is 0 Å². The minimum absolute atomic E-state index is 0.869. The van der Waals surface area contributed by atoms with Crippen molar-refractivity contribution >= 4 is 82.4 Å². The van der Waals surface area contributed by atoms with E-state index in [4.69, 9.17) is 4.42 Å². The molecule has 9 aromatic carbocycles. The Morgan fingerprint density at radius 2 is 1.11 bits per heavy atom. The minimum atomic E-state index is 0.869. The van der Waals surface area contributed by atoms with Gasteiger partial charge in [0.05, 0.1) is 16.7 Å². The van der Waals surface area contributed by atoms with E-state index < -0.39 is 0 Å². The second-order valence-electron chi connectivity index (χ2n) is 14.1. The third kappa shape index (κ3) is 3.99. The second-order valence-corrected chi connectivity index (χ2v) is 14.1. The average molecular weight is 675 g/mol. The molecule has 1 aliphatic rings. The number of hydrogen-bond acceptors (Lipinski definition) is 2. The normalized spacial score (nSPS) is 12.2. The molecule has 12 rings (SSSR count). The van der Waals surface area contributed by atoms with Crippen molar-refractivity contribution in [2.45, 2.75) is 0 Å². The standard InChI is InChI=1S/C50H30N2O/c1-2-14-33(15-3-1)52-44-21-8-6-17-38(44)39-27-25-35(30-46(39)52)51(45-22-11-20-42-40-18-7-9-23-47(40)53-50(42)45)34-24-26-37-41-19-10-13-32-28-31-12-4-5-16-36(31)49(48(32)41)43(37)29-34/h1-30H. The molecule has 0 N–H and O–H groups in total. The van der Waals surface area contributed by atoms with Crippen LogP contribution in [0.2, 0.25) is 0 Å². The Balaban J connectivity index is 1.16. The molecule has 1 aliphatic carbocycles. The highest BCUT2D eigenvalue weighted by Gasteiger charge is 2.27. The predicted molar refractivity (Wildman–Crippen MR) is 222 cm³/mol.